The van der Waals surface area contributed by atoms with Gasteiger partial charge >= 0.3 is 0 Å². The van der Waals surface area contributed by atoms with E-state index >= 15 is 0 Å². The fourth-order valence-electron chi connectivity index (χ4n) is 5.37. The molecule has 1 saturated carbocycles. The molecule has 4 aromatic rings. The van der Waals surface area contributed by atoms with Gasteiger partial charge in [-0.1, -0.05) is 6.07 Å². The quantitative estimate of drug-likeness (QED) is 0.340. The van der Waals surface area contributed by atoms with Crippen LogP contribution in [0.5, 0.6) is 11.5 Å². The summed E-state index contributed by atoms with van der Waals surface area (Å²) in [6.07, 6.45) is 2.90. The molecule has 2 amide bonds. The van der Waals surface area contributed by atoms with Crippen LogP contribution < -0.4 is 20.5 Å². The van der Waals surface area contributed by atoms with Crippen molar-refractivity contribution in [3.8, 4) is 11.5 Å². The van der Waals surface area contributed by atoms with Crippen molar-refractivity contribution in [3.63, 3.8) is 0 Å². The van der Waals surface area contributed by atoms with Crippen LogP contribution in [-0.2, 0) is 16.1 Å². The maximum atomic E-state index is 13.8. The lowest BCUT2D eigenvalue weighted by atomic mass is 10.1. The van der Waals surface area contributed by atoms with Crippen LogP contribution in [0.15, 0.2) is 41.3 Å². The number of hydrogen-bond acceptors (Lipinski definition) is 8. The van der Waals surface area contributed by atoms with Crippen LogP contribution >= 0.6 is 15.9 Å². The van der Waals surface area contributed by atoms with Gasteiger partial charge in [0.2, 0.25) is 11.8 Å². The first kappa shape index (κ1) is 23.5. The summed E-state index contributed by atoms with van der Waals surface area (Å²) in [6, 6.07) is 8.39. The van der Waals surface area contributed by atoms with E-state index in [1.54, 1.807) is 48.0 Å². The van der Waals surface area contributed by atoms with Crippen molar-refractivity contribution in [2.24, 2.45) is 5.92 Å². The average molecular weight is 566 g/mol. The van der Waals surface area contributed by atoms with Gasteiger partial charge in [-0.2, -0.15) is 0 Å². The minimum Gasteiger partial charge on any atom is -0.493 e. The summed E-state index contributed by atoms with van der Waals surface area (Å²) < 4.78 is 13.4. The Balaban J connectivity index is 1.36. The van der Waals surface area contributed by atoms with Crippen molar-refractivity contribution >= 4 is 61.3 Å². The number of likely N-dealkylation sites (tertiary alicyclic amines) is 1. The zero-order chi connectivity index (χ0) is 25.8. The van der Waals surface area contributed by atoms with Gasteiger partial charge < -0.3 is 30.0 Å². The second-order valence-electron chi connectivity index (χ2n) is 9.22. The van der Waals surface area contributed by atoms with Crippen molar-refractivity contribution in [2.45, 2.75) is 31.5 Å². The Morgan fingerprint density at radius 1 is 1.16 bits per heavy atom. The Labute approximate surface area is 220 Å². The van der Waals surface area contributed by atoms with Crippen molar-refractivity contribution in [1.29, 1.82) is 0 Å². The van der Waals surface area contributed by atoms with Gasteiger partial charge in [0.15, 0.2) is 11.5 Å². The molecule has 12 heteroatoms. The zero-order valence-electron chi connectivity index (χ0n) is 20.1. The number of pyridine rings is 1. The molecule has 3 aromatic heterocycles. The third-order valence-electron chi connectivity index (χ3n) is 7.13. The molecule has 1 aliphatic heterocycles. The van der Waals surface area contributed by atoms with Crippen molar-refractivity contribution in [2.75, 3.05) is 25.3 Å². The summed E-state index contributed by atoms with van der Waals surface area (Å²) >= 11 is 3.32. The summed E-state index contributed by atoms with van der Waals surface area (Å²) in [5, 5.41) is 4.24. The summed E-state index contributed by atoms with van der Waals surface area (Å²) in [5.41, 5.74) is 7.46. The number of carbonyl (C=O) groups is 2. The predicted molar refractivity (Wildman–Crippen MR) is 140 cm³/mol. The number of aromatic nitrogens is 4. The molecule has 3 N–H and O–H groups in total. The molecule has 3 atom stereocenters. The maximum Gasteiger partial charge on any atom is 0.248 e. The first-order chi connectivity index (χ1) is 17.9. The Kier molecular flexibility index (Phi) is 5.63. The SMILES string of the molecule is COc1cc2c3c(N)ncnc3n(CC(=O)N3C4C[C@@H]4C[C@H]3C(=O)Nc3cccc(Br)n3)c2cc1OC. The molecule has 1 aromatic carbocycles. The van der Waals surface area contributed by atoms with Crippen molar-refractivity contribution in [1.82, 2.24) is 24.4 Å². The third-order valence-corrected chi connectivity index (χ3v) is 7.57. The molecule has 37 heavy (non-hydrogen) atoms. The van der Waals surface area contributed by atoms with Gasteiger partial charge in [0, 0.05) is 17.5 Å². The van der Waals surface area contributed by atoms with Crippen LogP contribution in [0.3, 0.4) is 0 Å². The highest BCUT2D eigenvalue weighted by Gasteiger charge is 2.56. The smallest absolute Gasteiger partial charge is 0.248 e. The second kappa shape index (κ2) is 8.87. The van der Waals surface area contributed by atoms with Gasteiger partial charge in [0.1, 0.15) is 40.8 Å². The second-order valence-corrected chi connectivity index (χ2v) is 10.0. The molecule has 2 aliphatic rings. The molecule has 1 aliphatic carbocycles. The summed E-state index contributed by atoms with van der Waals surface area (Å²) in [4.78, 5) is 41.6. The van der Waals surface area contributed by atoms with Crippen LogP contribution in [-0.4, -0.2) is 62.5 Å². The van der Waals surface area contributed by atoms with E-state index in [4.69, 9.17) is 15.2 Å². The van der Waals surface area contributed by atoms with E-state index in [0.29, 0.717) is 56.6 Å². The third kappa shape index (κ3) is 3.91. The van der Waals surface area contributed by atoms with E-state index in [1.165, 1.54) is 6.33 Å². The first-order valence-electron chi connectivity index (χ1n) is 11.8. The molecule has 190 valence electrons. The predicted octanol–water partition coefficient (Wildman–Crippen LogP) is 2.97. The lowest BCUT2D eigenvalue weighted by molar-refractivity contribution is -0.138. The fraction of sp³-hybridized carbons (Fsp3) is 0.320. The Bertz CT molecular complexity index is 1570. The number of nitrogens with one attached hydrogen (secondary N) is 1. The number of nitrogen functional groups attached to an aromatic ring is 1. The van der Waals surface area contributed by atoms with Gasteiger partial charge in [-0.25, -0.2) is 15.0 Å². The number of nitrogens with zero attached hydrogens (tertiary/aromatic N) is 5. The summed E-state index contributed by atoms with van der Waals surface area (Å²) in [5.74, 6) is 1.70. The summed E-state index contributed by atoms with van der Waals surface area (Å²) in [6.45, 7) is -0.0198. The van der Waals surface area contributed by atoms with E-state index in [-0.39, 0.29) is 24.4 Å². The minimum absolute atomic E-state index is 0.0198. The lowest BCUT2D eigenvalue weighted by Gasteiger charge is -2.27. The number of carbonyl (C=O) groups excluding carboxylic acids is 2. The fourth-order valence-corrected chi connectivity index (χ4v) is 5.72. The number of anilines is 2. The molecular weight excluding hydrogens is 542 g/mol. The van der Waals surface area contributed by atoms with Crippen LogP contribution in [0.2, 0.25) is 0 Å². The van der Waals surface area contributed by atoms with E-state index in [0.717, 1.165) is 11.8 Å². The van der Waals surface area contributed by atoms with Crippen LogP contribution in [0.4, 0.5) is 11.6 Å². The number of rotatable bonds is 6. The monoisotopic (exact) mass is 565 g/mol. The Morgan fingerprint density at radius 3 is 2.70 bits per heavy atom. The average Bonchev–Trinajstić information content (AvgIpc) is 3.44. The van der Waals surface area contributed by atoms with Gasteiger partial charge in [-0.3, -0.25) is 9.59 Å². The standard InChI is InChI=1S/C25H24BrN7O4/c1-36-17-8-13-15(9-18(17)37-2)32(24-22(13)23(27)28-11-29-24)10-21(34)33-14-6-12(14)7-16(33)25(35)31-20-5-3-4-19(26)30-20/h3-5,8-9,11-12,14,16H,6-7,10H2,1-2H3,(H2,27,28,29)(H,30,31,35)/t12-,14?,16+/m1/s1. The highest BCUT2D eigenvalue weighted by atomic mass is 79.9. The Morgan fingerprint density at radius 2 is 1.95 bits per heavy atom. The molecule has 1 unspecified atom stereocenters. The lowest BCUT2D eigenvalue weighted by Crippen LogP contribution is -2.46. The van der Waals surface area contributed by atoms with Gasteiger partial charge in [0.25, 0.3) is 0 Å². The van der Waals surface area contributed by atoms with Gasteiger partial charge in [-0.05, 0) is 52.9 Å². The molecule has 2 fully saturated rings. The normalized spacial score (nSPS) is 20.2. The molecule has 11 nitrogen and oxygen atoms in total. The largest absolute Gasteiger partial charge is 0.493 e. The first-order valence-corrected chi connectivity index (χ1v) is 12.6. The molecule has 6 rings (SSSR count). The van der Waals surface area contributed by atoms with E-state index in [1.807, 2.05) is 6.07 Å². The molecule has 0 bridgehead atoms. The highest BCUT2D eigenvalue weighted by molar-refractivity contribution is 9.10. The highest BCUT2D eigenvalue weighted by Crippen LogP contribution is 2.48. The van der Waals surface area contributed by atoms with Crippen LogP contribution in [0.25, 0.3) is 21.9 Å². The topological polar surface area (TPSA) is 137 Å². The number of methoxy groups -OCH3 is 2. The molecule has 0 spiro atoms. The summed E-state index contributed by atoms with van der Waals surface area (Å²) in [7, 11) is 3.11. The van der Waals surface area contributed by atoms with Crippen LogP contribution in [0.1, 0.15) is 12.8 Å². The molecule has 4 heterocycles. The molecule has 0 radical (unpaired) electrons. The number of halogens is 1. The van der Waals surface area contributed by atoms with Gasteiger partial charge in [0.05, 0.1) is 25.1 Å². The Hall–Kier alpha value is -3.93. The number of piperidine rings is 1. The molecular formula is C25H24BrN7O4. The zero-order valence-corrected chi connectivity index (χ0v) is 21.7. The number of fused-ring (bicyclic) bond motifs is 4. The number of hydrogen-bond donors (Lipinski definition) is 2. The molecule has 1 saturated heterocycles. The van der Waals surface area contributed by atoms with E-state index in [9.17, 15) is 9.59 Å². The van der Waals surface area contributed by atoms with Crippen molar-refractivity contribution in [3.05, 3.63) is 41.3 Å². The van der Waals surface area contributed by atoms with E-state index in [2.05, 4.69) is 36.2 Å². The number of amides is 2. The van der Waals surface area contributed by atoms with Crippen LogP contribution in [0, 0.1) is 5.92 Å². The van der Waals surface area contributed by atoms with Gasteiger partial charge in [-0.15, -0.1) is 0 Å². The number of nitrogens with two attached hydrogens (primary N) is 1. The number of ether oxygens (including phenoxy) is 2. The maximum absolute atomic E-state index is 13.8. The van der Waals surface area contributed by atoms with E-state index < -0.39 is 6.04 Å². The van der Waals surface area contributed by atoms with Crippen molar-refractivity contribution < 1.29 is 19.1 Å². The number of benzene rings is 1. The minimum atomic E-state index is -0.570.